The Balaban J connectivity index is 2.08. The van der Waals surface area contributed by atoms with Crippen LogP contribution in [0, 0.1) is 6.54 Å². The molecular weight excluding hydrogens is 200 g/mol. The van der Waals surface area contributed by atoms with Crippen molar-refractivity contribution in [2.75, 3.05) is 47.3 Å². The molecule has 3 rings (SSSR count). The van der Waals surface area contributed by atoms with Crippen molar-refractivity contribution in [2.24, 2.45) is 0 Å². The third-order valence-corrected chi connectivity index (χ3v) is 3.58. The molecule has 3 heterocycles. The fourth-order valence-electron chi connectivity index (χ4n) is 2.58. The van der Waals surface area contributed by atoms with Crippen molar-refractivity contribution in [1.29, 1.82) is 0 Å². The van der Waals surface area contributed by atoms with Crippen molar-refractivity contribution < 1.29 is 0 Å². The van der Waals surface area contributed by atoms with Crippen molar-refractivity contribution in [2.45, 2.75) is 0 Å². The van der Waals surface area contributed by atoms with Crippen LogP contribution >= 0.6 is 0 Å². The summed E-state index contributed by atoms with van der Waals surface area (Å²) in [5, 5.41) is 0. The summed E-state index contributed by atoms with van der Waals surface area (Å²) in [6.07, 6.45) is 2.17. The maximum absolute atomic E-state index is 3.41. The summed E-state index contributed by atoms with van der Waals surface area (Å²) < 4.78 is 0. The summed E-state index contributed by atoms with van der Waals surface area (Å²) in [5.74, 6) is 0. The van der Waals surface area contributed by atoms with Crippen LogP contribution in [0.5, 0.6) is 0 Å². The second kappa shape index (κ2) is 3.34. The highest BCUT2D eigenvalue weighted by Crippen LogP contribution is 2.34. The molecule has 0 amide bonds. The number of piperazine rings is 1. The summed E-state index contributed by atoms with van der Waals surface area (Å²) >= 11 is 0. The number of hydrogen-bond acceptors (Lipinski definition) is 4. The number of hydrogen-bond donors (Lipinski definition) is 0. The van der Waals surface area contributed by atoms with Gasteiger partial charge in [0.15, 0.2) is 0 Å². The molecule has 0 aromatic heterocycles. The lowest BCUT2D eigenvalue weighted by Gasteiger charge is -2.48. The topological polar surface area (TPSA) is 13.0 Å². The SMILES string of the molecule is CN1[C]C2=C3C(=C1)N(C)CCN3CCN2C. The lowest BCUT2D eigenvalue weighted by Crippen LogP contribution is -2.51. The van der Waals surface area contributed by atoms with E-state index >= 15 is 0 Å². The lowest BCUT2D eigenvalue weighted by molar-refractivity contribution is 0.179. The second-order valence-corrected chi connectivity index (χ2v) is 4.76. The molecule has 0 spiro atoms. The Bertz CT molecular complexity index is 371. The Labute approximate surface area is 97.4 Å². The van der Waals surface area contributed by atoms with Gasteiger partial charge in [0.05, 0.1) is 17.1 Å². The minimum absolute atomic E-state index is 1.09. The predicted molar refractivity (Wildman–Crippen MR) is 62.9 cm³/mol. The fraction of sp³-hybridized carbons (Fsp3) is 0.583. The van der Waals surface area contributed by atoms with Gasteiger partial charge in [-0.2, -0.15) is 0 Å². The first-order chi connectivity index (χ1) is 7.66. The van der Waals surface area contributed by atoms with Crippen LogP contribution in [0.3, 0.4) is 0 Å². The van der Waals surface area contributed by atoms with E-state index in [1.807, 2.05) is 11.9 Å². The lowest BCUT2D eigenvalue weighted by atomic mass is 10.1. The molecule has 0 saturated carbocycles. The average Bonchev–Trinajstić information content (AvgIpc) is 2.27. The summed E-state index contributed by atoms with van der Waals surface area (Å²) in [6.45, 7) is 7.88. The van der Waals surface area contributed by atoms with Crippen LogP contribution in [0.2, 0.25) is 0 Å². The zero-order valence-electron chi connectivity index (χ0n) is 10.2. The Hall–Kier alpha value is -1.32. The first kappa shape index (κ1) is 9.87. The zero-order chi connectivity index (χ0) is 11.3. The fourth-order valence-corrected chi connectivity index (χ4v) is 2.58. The normalized spacial score (nSPS) is 24.8. The summed E-state index contributed by atoms with van der Waals surface area (Å²) in [4.78, 5) is 9.16. The molecule has 0 atom stereocenters. The maximum atomic E-state index is 3.41. The molecule has 4 heteroatoms. The third kappa shape index (κ3) is 1.29. The molecule has 0 aromatic carbocycles. The molecule has 1 saturated heterocycles. The van der Waals surface area contributed by atoms with Crippen molar-refractivity contribution in [3.05, 3.63) is 29.8 Å². The Morgan fingerprint density at radius 3 is 2.44 bits per heavy atom. The van der Waals surface area contributed by atoms with Gasteiger partial charge in [-0.3, -0.25) is 0 Å². The Morgan fingerprint density at radius 2 is 1.69 bits per heavy atom. The smallest absolute Gasteiger partial charge is 0.145 e. The molecule has 0 N–H and O–H groups in total. The predicted octanol–water partition coefficient (Wildman–Crippen LogP) is 0.216. The van der Waals surface area contributed by atoms with Gasteiger partial charge in [0.2, 0.25) is 0 Å². The van der Waals surface area contributed by atoms with E-state index in [2.05, 4.69) is 41.5 Å². The van der Waals surface area contributed by atoms with E-state index in [4.69, 9.17) is 0 Å². The van der Waals surface area contributed by atoms with E-state index in [9.17, 15) is 0 Å². The summed E-state index contributed by atoms with van der Waals surface area (Å²) in [7, 11) is 6.37. The van der Waals surface area contributed by atoms with E-state index < -0.39 is 0 Å². The van der Waals surface area contributed by atoms with Gasteiger partial charge >= 0.3 is 0 Å². The van der Waals surface area contributed by atoms with Gasteiger partial charge in [-0.15, -0.1) is 0 Å². The quantitative estimate of drug-likeness (QED) is 0.576. The van der Waals surface area contributed by atoms with E-state index in [0.717, 1.165) is 26.2 Å². The first-order valence-electron chi connectivity index (χ1n) is 5.80. The van der Waals surface area contributed by atoms with Gasteiger partial charge in [-0.05, 0) is 0 Å². The van der Waals surface area contributed by atoms with Gasteiger partial charge in [0.1, 0.15) is 6.54 Å². The van der Waals surface area contributed by atoms with Crippen LogP contribution in [0.1, 0.15) is 0 Å². The first-order valence-corrected chi connectivity index (χ1v) is 5.80. The van der Waals surface area contributed by atoms with E-state index in [1.165, 1.54) is 17.1 Å². The zero-order valence-corrected chi connectivity index (χ0v) is 10.2. The highest BCUT2D eigenvalue weighted by atomic mass is 15.3. The molecule has 3 aliphatic heterocycles. The number of rotatable bonds is 0. The van der Waals surface area contributed by atoms with Crippen LogP contribution < -0.4 is 0 Å². The molecule has 4 nitrogen and oxygen atoms in total. The standard InChI is InChI=1S/C12H18N4/c1-13-8-10-12-11(9-13)15(3)5-7-16(12)6-4-14(10)2/h8H,4-7H2,1-3H3. The highest BCUT2D eigenvalue weighted by molar-refractivity contribution is 5.42. The minimum atomic E-state index is 1.09. The summed E-state index contributed by atoms with van der Waals surface area (Å²) in [5.41, 5.74) is 3.92. The van der Waals surface area contributed by atoms with E-state index in [-0.39, 0.29) is 0 Å². The maximum Gasteiger partial charge on any atom is 0.145 e. The molecular formula is C12H18N4. The molecule has 86 valence electrons. The third-order valence-electron chi connectivity index (χ3n) is 3.58. The second-order valence-electron chi connectivity index (χ2n) is 4.76. The van der Waals surface area contributed by atoms with Crippen molar-refractivity contribution >= 4 is 0 Å². The summed E-state index contributed by atoms with van der Waals surface area (Å²) in [6, 6.07) is 0. The van der Waals surface area contributed by atoms with Crippen LogP contribution in [0.25, 0.3) is 0 Å². The Kier molecular flexibility index (Phi) is 2.06. The molecule has 0 aromatic rings. The molecule has 3 aliphatic rings. The van der Waals surface area contributed by atoms with Crippen LogP contribution in [0.15, 0.2) is 23.3 Å². The van der Waals surface area contributed by atoms with Gasteiger partial charge in [-0.1, -0.05) is 0 Å². The minimum Gasteiger partial charge on any atom is -0.372 e. The van der Waals surface area contributed by atoms with Crippen molar-refractivity contribution in [3.63, 3.8) is 0 Å². The molecule has 1 fully saturated rings. The van der Waals surface area contributed by atoms with Gasteiger partial charge in [0, 0.05) is 53.5 Å². The van der Waals surface area contributed by atoms with Crippen LogP contribution in [-0.2, 0) is 0 Å². The van der Waals surface area contributed by atoms with E-state index in [0.29, 0.717) is 0 Å². The van der Waals surface area contributed by atoms with Crippen molar-refractivity contribution in [3.8, 4) is 0 Å². The molecule has 0 bridgehead atoms. The van der Waals surface area contributed by atoms with Gasteiger partial charge in [0.25, 0.3) is 0 Å². The number of nitrogens with zero attached hydrogens (tertiary/aromatic N) is 4. The van der Waals surface area contributed by atoms with Crippen LogP contribution in [-0.4, -0.2) is 66.9 Å². The molecule has 2 radical (unpaired) electrons. The Morgan fingerprint density at radius 1 is 1.00 bits per heavy atom. The number of likely N-dealkylation sites (N-methyl/N-ethyl adjacent to an activating group) is 3. The average molecular weight is 218 g/mol. The highest BCUT2D eigenvalue weighted by Gasteiger charge is 2.34. The van der Waals surface area contributed by atoms with Gasteiger partial charge in [-0.25, -0.2) is 0 Å². The monoisotopic (exact) mass is 218 g/mol. The molecule has 0 unspecified atom stereocenters. The van der Waals surface area contributed by atoms with Gasteiger partial charge < -0.3 is 19.6 Å². The largest absolute Gasteiger partial charge is 0.372 e. The molecule has 0 aliphatic carbocycles. The van der Waals surface area contributed by atoms with E-state index in [1.54, 1.807) is 0 Å². The van der Waals surface area contributed by atoms with Crippen molar-refractivity contribution in [1.82, 2.24) is 19.6 Å². The van der Waals surface area contributed by atoms with Crippen LogP contribution in [0.4, 0.5) is 0 Å². The molecule has 16 heavy (non-hydrogen) atoms.